The van der Waals surface area contributed by atoms with Crippen LogP contribution in [0.2, 0.25) is 0 Å². The van der Waals surface area contributed by atoms with Crippen LogP contribution in [0, 0.1) is 12.3 Å². The highest BCUT2D eigenvalue weighted by Gasteiger charge is 2.47. The number of hydrogen-bond donors (Lipinski definition) is 1. The summed E-state index contributed by atoms with van der Waals surface area (Å²) >= 11 is 1.69. The highest BCUT2D eigenvalue weighted by molar-refractivity contribution is 7.09. The lowest BCUT2D eigenvalue weighted by molar-refractivity contribution is 0.110. The number of aryl methyl sites for hydroxylation is 1. The van der Waals surface area contributed by atoms with Gasteiger partial charge in [-0.25, -0.2) is 4.98 Å². The molecule has 0 radical (unpaired) electrons. The monoisotopic (exact) mass is 197 g/mol. The fourth-order valence-corrected chi connectivity index (χ4v) is 2.37. The lowest BCUT2D eigenvalue weighted by Gasteiger charge is -2.16. The van der Waals surface area contributed by atoms with Crippen molar-refractivity contribution in [3.63, 3.8) is 0 Å². The van der Waals surface area contributed by atoms with Gasteiger partial charge < -0.3 is 5.11 Å². The van der Waals surface area contributed by atoms with E-state index in [9.17, 15) is 5.11 Å². The zero-order chi connectivity index (χ0) is 9.47. The molecule has 1 aromatic heterocycles. The Hall–Kier alpha value is -0.410. The van der Waals surface area contributed by atoms with Crippen molar-refractivity contribution >= 4 is 11.3 Å². The van der Waals surface area contributed by atoms with Gasteiger partial charge in [0.2, 0.25) is 0 Å². The molecule has 0 spiro atoms. The van der Waals surface area contributed by atoms with E-state index < -0.39 is 0 Å². The van der Waals surface area contributed by atoms with E-state index >= 15 is 0 Å². The lowest BCUT2D eigenvalue weighted by Crippen LogP contribution is -2.20. The van der Waals surface area contributed by atoms with Crippen molar-refractivity contribution in [1.82, 2.24) is 4.98 Å². The molecule has 1 atom stereocenters. The number of thiazole rings is 1. The summed E-state index contributed by atoms with van der Waals surface area (Å²) in [7, 11) is 0. The Labute approximate surface area is 82.6 Å². The third-order valence-corrected chi connectivity index (χ3v) is 3.80. The molecule has 1 N–H and O–H groups in total. The van der Waals surface area contributed by atoms with Gasteiger partial charge in [-0.05, 0) is 33.1 Å². The number of aromatic nitrogens is 1. The van der Waals surface area contributed by atoms with Gasteiger partial charge in [-0.15, -0.1) is 11.3 Å². The molecule has 2 rings (SSSR count). The van der Waals surface area contributed by atoms with Gasteiger partial charge in [0.1, 0.15) is 0 Å². The summed E-state index contributed by atoms with van der Waals surface area (Å²) in [5.41, 5.74) is 1.32. The summed E-state index contributed by atoms with van der Waals surface area (Å²) in [4.78, 5) is 4.43. The zero-order valence-corrected chi connectivity index (χ0v) is 8.90. The molecule has 0 aliphatic heterocycles. The molecule has 0 aromatic carbocycles. The maximum atomic E-state index is 9.59. The molecule has 2 nitrogen and oxygen atoms in total. The molecule has 72 valence electrons. The van der Waals surface area contributed by atoms with Gasteiger partial charge in [-0.1, -0.05) is 0 Å². The van der Waals surface area contributed by atoms with Crippen LogP contribution in [0.1, 0.15) is 30.5 Å². The normalized spacial score (nSPS) is 21.5. The number of nitrogens with zero attached hydrogens (tertiary/aromatic N) is 1. The molecule has 1 unspecified atom stereocenters. The molecule has 1 aliphatic rings. The average Bonchev–Trinajstić information content (AvgIpc) is 2.72. The van der Waals surface area contributed by atoms with E-state index in [1.165, 1.54) is 0 Å². The predicted octanol–water partition coefficient (Wildman–Crippen LogP) is 2.16. The Morgan fingerprint density at radius 2 is 2.38 bits per heavy atom. The highest BCUT2D eigenvalue weighted by atomic mass is 32.1. The fraction of sp³-hybridized carbons (Fsp3) is 0.700. The fourth-order valence-electron chi connectivity index (χ4n) is 1.75. The van der Waals surface area contributed by atoms with Crippen molar-refractivity contribution in [2.75, 3.05) is 0 Å². The summed E-state index contributed by atoms with van der Waals surface area (Å²) in [6, 6.07) is 0. The van der Waals surface area contributed by atoms with Crippen molar-refractivity contribution in [2.24, 2.45) is 5.41 Å². The summed E-state index contributed by atoms with van der Waals surface area (Å²) in [5.74, 6) is 0. The van der Waals surface area contributed by atoms with Gasteiger partial charge in [-0.3, -0.25) is 0 Å². The maximum Gasteiger partial charge on any atom is 0.0897 e. The minimum absolute atomic E-state index is 0.167. The minimum Gasteiger partial charge on any atom is -0.393 e. The number of aliphatic hydroxyl groups is 1. The van der Waals surface area contributed by atoms with E-state index in [1.807, 2.05) is 13.8 Å². The first-order valence-corrected chi connectivity index (χ1v) is 5.59. The molecule has 3 heteroatoms. The number of rotatable bonds is 3. The van der Waals surface area contributed by atoms with Gasteiger partial charge in [0.25, 0.3) is 0 Å². The van der Waals surface area contributed by atoms with Crippen LogP contribution in [0.5, 0.6) is 0 Å². The first kappa shape index (κ1) is 9.16. The van der Waals surface area contributed by atoms with Crippen LogP contribution in [-0.4, -0.2) is 16.2 Å². The summed E-state index contributed by atoms with van der Waals surface area (Å²) in [5, 5.41) is 12.8. The summed E-state index contributed by atoms with van der Waals surface area (Å²) < 4.78 is 0. The van der Waals surface area contributed by atoms with Gasteiger partial charge in [0.05, 0.1) is 16.8 Å². The van der Waals surface area contributed by atoms with Crippen LogP contribution >= 0.6 is 11.3 Å². The molecule has 1 aromatic rings. The smallest absolute Gasteiger partial charge is 0.0897 e. The van der Waals surface area contributed by atoms with Gasteiger partial charge in [0, 0.05) is 10.8 Å². The van der Waals surface area contributed by atoms with E-state index in [4.69, 9.17) is 0 Å². The van der Waals surface area contributed by atoms with E-state index in [1.54, 1.807) is 11.3 Å². The van der Waals surface area contributed by atoms with Crippen molar-refractivity contribution in [3.05, 3.63) is 16.1 Å². The Bertz CT molecular complexity index is 302. The van der Waals surface area contributed by atoms with E-state index in [0.717, 1.165) is 30.0 Å². The first-order valence-electron chi connectivity index (χ1n) is 4.71. The minimum atomic E-state index is -0.186. The van der Waals surface area contributed by atoms with Crippen molar-refractivity contribution in [3.8, 4) is 0 Å². The first-order chi connectivity index (χ1) is 6.12. The number of hydrogen-bond acceptors (Lipinski definition) is 3. The molecule has 0 bridgehead atoms. The lowest BCUT2D eigenvalue weighted by atomic mass is 9.95. The van der Waals surface area contributed by atoms with Crippen molar-refractivity contribution in [1.29, 1.82) is 0 Å². The molecule has 0 amide bonds. The third kappa shape index (κ3) is 1.76. The van der Waals surface area contributed by atoms with Gasteiger partial charge in [0.15, 0.2) is 0 Å². The van der Waals surface area contributed by atoms with Crippen LogP contribution in [0.15, 0.2) is 5.38 Å². The molecular formula is C10H15NOS. The molecule has 1 saturated carbocycles. The molecule has 13 heavy (non-hydrogen) atoms. The molecular weight excluding hydrogens is 182 g/mol. The summed E-state index contributed by atoms with van der Waals surface area (Å²) in [6.07, 6.45) is 3.08. The Morgan fingerprint density at radius 1 is 1.69 bits per heavy atom. The second kappa shape index (κ2) is 3.07. The Morgan fingerprint density at radius 3 is 2.77 bits per heavy atom. The maximum absolute atomic E-state index is 9.59. The largest absolute Gasteiger partial charge is 0.393 e. The highest BCUT2D eigenvalue weighted by Crippen LogP contribution is 2.51. The molecule has 1 fully saturated rings. The van der Waals surface area contributed by atoms with E-state index in [-0.39, 0.29) is 11.5 Å². The predicted molar refractivity (Wildman–Crippen MR) is 53.9 cm³/mol. The third-order valence-electron chi connectivity index (χ3n) is 2.98. The van der Waals surface area contributed by atoms with Crippen molar-refractivity contribution < 1.29 is 5.11 Å². The SMILES string of the molecule is Cc1nc(CC2(C(C)O)CC2)cs1. The topological polar surface area (TPSA) is 33.1 Å². The van der Waals surface area contributed by atoms with Crippen LogP contribution in [0.3, 0.4) is 0 Å². The molecule has 0 saturated heterocycles. The summed E-state index contributed by atoms with van der Waals surface area (Å²) in [6.45, 7) is 3.92. The van der Waals surface area contributed by atoms with Gasteiger partial charge >= 0.3 is 0 Å². The van der Waals surface area contributed by atoms with E-state index in [0.29, 0.717) is 0 Å². The van der Waals surface area contributed by atoms with Crippen LogP contribution in [0.25, 0.3) is 0 Å². The van der Waals surface area contributed by atoms with Crippen LogP contribution in [0.4, 0.5) is 0 Å². The zero-order valence-electron chi connectivity index (χ0n) is 8.08. The van der Waals surface area contributed by atoms with E-state index in [2.05, 4.69) is 10.4 Å². The van der Waals surface area contributed by atoms with Gasteiger partial charge in [-0.2, -0.15) is 0 Å². The standard InChI is InChI=1S/C10H15NOS/c1-7(12)10(3-4-10)5-9-6-13-8(2)11-9/h6-7,12H,3-5H2,1-2H3. The van der Waals surface area contributed by atoms with Crippen LogP contribution < -0.4 is 0 Å². The molecule has 1 aliphatic carbocycles. The molecule has 1 heterocycles. The Kier molecular flexibility index (Phi) is 2.16. The average molecular weight is 197 g/mol. The van der Waals surface area contributed by atoms with Crippen molar-refractivity contribution in [2.45, 2.75) is 39.2 Å². The number of aliphatic hydroxyl groups excluding tert-OH is 1. The quantitative estimate of drug-likeness (QED) is 0.805. The van der Waals surface area contributed by atoms with Crippen LogP contribution in [-0.2, 0) is 6.42 Å². The Balaban J connectivity index is 2.06. The second-order valence-electron chi connectivity index (χ2n) is 4.07. The second-order valence-corrected chi connectivity index (χ2v) is 5.14.